The van der Waals surface area contributed by atoms with Crippen molar-refractivity contribution in [3.8, 4) is 6.01 Å². The van der Waals surface area contributed by atoms with Crippen LogP contribution in [0.2, 0.25) is 0 Å². The molecule has 2 amide bonds. The maximum atomic E-state index is 12.5. The standard InChI is InChI=1S/C24H33N7O5/c1-24(2,3)30-18(33)10-9-17(32)26-13-15-5-7-16(8-6-15)14-31-21-19(27-23(31)34)20(25)28-22(29-21)36-12-11-35-4/h5-8H,9-14H2,1-4H3,(H,26,32)(H,27,34)(H,30,33)(H2,25,28,29). The Morgan fingerprint density at radius 2 is 1.72 bits per heavy atom. The van der Waals surface area contributed by atoms with E-state index < -0.39 is 0 Å². The van der Waals surface area contributed by atoms with E-state index in [1.165, 1.54) is 4.57 Å². The average molecular weight is 500 g/mol. The molecule has 5 N–H and O–H groups in total. The van der Waals surface area contributed by atoms with Crippen molar-refractivity contribution in [3.63, 3.8) is 0 Å². The van der Waals surface area contributed by atoms with E-state index in [9.17, 15) is 14.4 Å². The summed E-state index contributed by atoms with van der Waals surface area (Å²) >= 11 is 0. The number of amides is 2. The van der Waals surface area contributed by atoms with E-state index in [1.54, 1.807) is 7.11 Å². The number of hydrogen-bond donors (Lipinski definition) is 4. The zero-order valence-corrected chi connectivity index (χ0v) is 21.0. The molecular weight excluding hydrogens is 466 g/mol. The third-order valence-corrected chi connectivity index (χ3v) is 5.10. The number of nitrogens with two attached hydrogens (primary N) is 1. The minimum atomic E-state index is -0.369. The molecule has 0 spiro atoms. The Morgan fingerprint density at radius 3 is 2.39 bits per heavy atom. The lowest BCUT2D eigenvalue weighted by Crippen LogP contribution is -2.41. The molecule has 0 aliphatic heterocycles. The van der Waals surface area contributed by atoms with E-state index in [0.29, 0.717) is 24.3 Å². The van der Waals surface area contributed by atoms with E-state index in [-0.39, 0.29) is 60.9 Å². The highest BCUT2D eigenvalue weighted by molar-refractivity contribution is 5.84. The van der Waals surface area contributed by atoms with Gasteiger partial charge in [-0.25, -0.2) is 4.79 Å². The molecule has 0 radical (unpaired) electrons. The smallest absolute Gasteiger partial charge is 0.328 e. The van der Waals surface area contributed by atoms with Crippen LogP contribution in [0.15, 0.2) is 29.1 Å². The number of nitrogen functional groups attached to an aromatic ring is 1. The number of carbonyl (C=O) groups excluding carboxylic acids is 2. The van der Waals surface area contributed by atoms with Gasteiger partial charge in [0.1, 0.15) is 12.1 Å². The first-order valence-corrected chi connectivity index (χ1v) is 11.6. The fraction of sp³-hybridized carbons (Fsp3) is 0.458. The number of ether oxygens (including phenoxy) is 2. The molecule has 2 aromatic heterocycles. The fourth-order valence-corrected chi connectivity index (χ4v) is 3.40. The van der Waals surface area contributed by atoms with Gasteiger partial charge in [0.25, 0.3) is 0 Å². The van der Waals surface area contributed by atoms with Crippen molar-refractivity contribution >= 4 is 28.8 Å². The first kappa shape index (κ1) is 26.7. The number of H-pyrrole nitrogens is 1. The molecule has 0 fully saturated rings. The molecule has 0 saturated heterocycles. The second kappa shape index (κ2) is 11.7. The molecule has 0 aliphatic rings. The third kappa shape index (κ3) is 7.54. The molecule has 0 bridgehead atoms. The number of methoxy groups -OCH3 is 1. The molecule has 36 heavy (non-hydrogen) atoms. The number of rotatable bonds is 11. The van der Waals surface area contributed by atoms with Gasteiger partial charge in [-0.1, -0.05) is 24.3 Å². The van der Waals surface area contributed by atoms with Gasteiger partial charge < -0.3 is 30.8 Å². The highest BCUT2D eigenvalue weighted by atomic mass is 16.5. The number of fused-ring (bicyclic) bond motifs is 1. The number of nitrogens with one attached hydrogen (secondary N) is 3. The van der Waals surface area contributed by atoms with Crippen molar-refractivity contribution in [2.24, 2.45) is 0 Å². The molecule has 12 heteroatoms. The van der Waals surface area contributed by atoms with Gasteiger partial charge in [0.15, 0.2) is 11.5 Å². The fourth-order valence-electron chi connectivity index (χ4n) is 3.40. The summed E-state index contributed by atoms with van der Waals surface area (Å²) in [7, 11) is 1.56. The lowest BCUT2D eigenvalue weighted by Gasteiger charge is -2.20. The normalized spacial score (nSPS) is 11.4. The van der Waals surface area contributed by atoms with Gasteiger partial charge in [0.2, 0.25) is 11.8 Å². The van der Waals surface area contributed by atoms with Crippen LogP contribution in [0.4, 0.5) is 5.82 Å². The molecule has 3 aromatic rings. The highest BCUT2D eigenvalue weighted by Crippen LogP contribution is 2.18. The Bertz CT molecular complexity index is 1260. The quantitative estimate of drug-likeness (QED) is 0.284. The second-order valence-electron chi connectivity index (χ2n) is 9.34. The summed E-state index contributed by atoms with van der Waals surface area (Å²) in [6, 6.07) is 7.52. The summed E-state index contributed by atoms with van der Waals surface area (Å²) in [5.41, 5.74) is 7.70. The van der Waals surface area contributed by atoms with Crippen LogP contribution in [0, 0.1) is 0 Å². The predicted molar refractivity (Wildman–Crippen MR) is 134 cm³/mol. The molecule has 0 atom stereocenters. The number of benzene rings is 1. The van der Waals surface area contributed by atoms with Gasteiger partial charge >= 0.3 is 11.7 Å². The van der Waals surface area contributed by atoms with Gasteiger partial charge in [0.05, 0.1) is 13.2 Å². The van der Waals surface area contributed by atoms with Crippen LogP contribution in [0.1, 0.15) is 44.7 Å². The van der Waals surface area contributed by atoms with E-state index in [2.05, 4.69) is 25.6 Å². The Kier molecular flexibility index (Phi) is 8.64. The Hall–Kier alpha value is -3.93. The van der Waals surface area contributed by atoms with Crippen molar-refractivity contribution in [2.45, 2.75) is 52.2 Å². The van der Waals surface area contributed by atoms with E-state index in [4.69, 9.17) is 15.2 Å². The summed E-state index contributed by atoms with van der Waals surface area (Å²) < 4.78 is 11.9. The SMILES string of the molecule is COCCOc1nc(N)c2[nH]c(=O)n(Cc3ccc(CNC(=O)CCC(=O)NC(C)(C)C)cc3)c2n1. The Balaban J connectivity index is 1.60. The predicted octanol–water partition coefficient (Wildman–Crippen LogP) is 1.09. The van der Waals surface area contributed by atoms with Gasteiger partial charge in [-0.05, 0) is 31.9 Å². The van der Waals surface area contributed by atoms with Crippen molar-refractivity contribution < 1.29 is 19.1 Å². The number of hydrogen-bond acceptors (Lipinski definition) is 8. The van der Waals surface area contributed by atoms with E-state index in [1.807, 2.05) is 45.0 Å². The number of imidazole rings is 1. The molecule has 3 rings (SSSR count). The van der Waals surface area contributed by atoms with Crippen molar-refractivity contribution in [1.82, 2.24) is 30.2 Å². The summed E-state index contributed by atoms with van der Waals surface area (Å²) in [6.07, 6.45) is 0.250. The van der Waals surface area contributed by atoms with Gasteiger partial charge in [-0.15, -0.1) is 0 Å². The average Bonchev–Trinajstić information content (AvgIpc) is 3.12. The lowest BCUT2D eigenvalue weighted by atomic mass is 10.1. The van der Waals surface area contributed by atoms with Crippen LogP contribution < -0.4 is 26.8 Å². The molecule has 194 valence electrons. The zero-order valence-electron chi connectivity index (χ0n) is 21.0. The monoisotopic (exact) mass is 499 g/mol. The molecule has 2 heterocycles. The van der Waals surface area contributed by atoms with Crippen molar-refractivity contribution in [1.29, 1.82) is 0 Å². The van der Waals surface area contributed by atoms with Gasteiger partial charge in [0, 0.05) is 32.0 Å². The summed E-state index contributed by atoms with van der Waals surface area (Å²) in [6.45, 7) is 6.87. The summed E-state index contributed by atoms with van der Waals surface area (Å²) in [5.74, 6) is -0.241. The largest absolute Gasteiger partial charge is 0.461 e. The lowest BCUT2D eigenvalue weighted by molar-refractivity contribution is -0.127. The number of aromatic amines is 1. The minimum absolute atomic E-state index is 0.0618. The topological polar surface area (TPSA) is 166 Å². The number of aromatic nitrogens is 4. The zero-order chi connectivity index (χ0) is 26.3. The van der Waals surface area contributed by atoms with Crippen molar-refractivity contribution in [2.75, 3.05) is 26.1 Å². The molecular formula is C24H33N7O5. The Labute approximate surface area is 208 Å². The molecule has 0 unspecified atom stereocenters. The summed E-state index contributed by atoms with van der Waals surface area (Å²) in [4.78, 5) is 47.6. The third-order valence-electron chi connectivity index (χ3n) is 5.10. The van der Waals surface area contributed by atoms with Crippen LogP contribution in [0.3, 0.4) is 0 Å². The molecule has 12 nitrogen and oxygen atoms in total. The second-order valence-corrected chi connectivity index (χ2v) is 9.34. The molecule has 0 saturated carbocycles. The van der Waals surface area contributed by atoms with Gasteiger partial charge in [-0.2, -0.15) is 9.97 Å². The highest BCUT2D eigenvalue weighted by Gasteiger charge is 2.16. The van der Waals surface area contributed by atoms with Crippen LogP contribution in [0.25, 0.3) is 11.2 Å². The van der Waals surface area contributed by atoms with Crippen LogP contribution >= 0.6 is 0 Å². The molecule has 0 aliphatic carbocycles. The maximum Gasteiger partial charge on any atom is 0.328 e. The first-order valence-electron chi connectivity index (χ1n) is 11.6. The minimum Gasteiger partial charge on any atom is -0.461 e. The maximum absolute atomic E-state index is 12.5. The van der Waals surface area contributed by atoms with Crippen LogP contribution in [-0.4, -0.2) is 57.2 Å². The summed E-state index contributed by atoms with van der Waals surface area (Å²) in [5, 5.41) is 5.65. The van der Waals surface area contributed by atoms with E-state index in [0.717, 1.165) is 11.1 Å². The first-order chi connectivity index (χ1) is 17.1. The van der Waals surface area contributed by atoms with Gasteiger partial charge in [-0.3, -0.25) is 14.2 Å². The van der Waals surface area contributed by atoms with E-state index >= 15 is 0 Å². The Morgan fingerprint density at radius 1 is 1.06 bits per heavy atom. The number of nitrogens with zero attached hydrogens (tertiary/aromatic N) is 3. The van der Waals surface area contributed by atoms with Crippen LogP contribution in [0.5, 0.6) is 6.01 Å². The van der Waals surface area contributed by atoms with Crippen molar-refractivity contribution in [3.05, 3.63) is 45.9 Å². The van der Waals surface area contributed by atoms with Crippen LogP contribution in [-0.2, 0) is 27.4 Å². The number of anilines is 1. The number of carbonyl (C=O) groups is 2. The molecule has 1 aromatic carbocycles.